The molecule has 0 saturated carbocycles. The Balaban J connectivity index is 2.04. The minimum atomic E-state index is -0.805. The maximum absolute atomic E-state index is 13.7. The molecule has 198 valence electrons. The van der Waals surface area contributed by atoms with Gasteiger partial charge < -0.3 is 24.6 Å². The number of aliphatic hydroxyl groups excluding tert-OH is 1. The normalized spacial score (nSPS) is 22.9. The molecule has 0 radical (unpaired) electrons. The molecule has 0 bridgehead atoms. The molecule has 2 N–H and O–H groups in total. The number of hydrogen-bond acceptors (Lipinski definition) is 7. The smallest absolute Gasteiger partial charge is 0.437 e. The number of ether oxygens (including phenoxy) is 3. The molecule has 0 aromatic heterocycles. The Hall–Kier alpha value is -3.14. The van der Waals surface area contributed by atoms with Crippen molar-refractivity contribution >= 4 is 23.9 Å². The molecule has 2 heterocycles. The predicted octanol–water partition coefficient (Wildman–Crippen LogP) is 3.72. The SMILES string of the molecule is CC[C@@]1(CCCCO)CC(=O)N([C@@H]2CCOc3ccc(C(=O)OC)cc32)/C(=N/C(=O)OC(C)(C)C)N1. The van der Waals surface area contributed by atoms with Gasteiger partial charge in [0.25, 0.3) is 0 Å². The van der Waals surface area contributed by atoms with E-state index in [0.29, 0.717) is 55.6 Å². The van der Waals surface area contributed by atoms with Crippen molar-refractivity contribution < 1.29 is 33.7 Å². The Labute approximate surface area is 212 Å². The van der Waals surface area contributed by atoms with Crippen molar-refractivity contribution in [1.82, 2.24) is 10.2 Å². The van der Waals surface area contributed by atoms with Crippen LogP contribution in [-0.2, 0) is 14.3 Å². The van der Waals surface area contributed by atoms with Crippen LogP contribution in [0.2, 0.25) is 0 Å². The standard InChI is InChI=1S/C26H37N3O7/c1-6-26(12-7-8-13-30)16-21(31)29(23(28-26)27-24(33)36-25(2,3)4)19-11-14-35-20-10-9-17(15-18(19)20)22(32)34-5/h9-10,15,19,30H,6-8,11-14,16H2,1-5H3,(H,27,28,33)/t19-,26-/m1/s1. The fourth-order valence-electron chi connectivity index (χ4n) is 4.61. The van der Waals surface area contributed by atoms with E-state index in [0.717, 1.165) is 0 Å². The summed E-state index contributed by atoms with van der Waals surface area (Å²) in [5, 5.41) is 12.6. The van der Waals surface area contributed by atoms with Crippen molar-refractivity contribution in [2.24, 2.45) is 4.99 Å². The Morgan fingerprint density at radius 1 is 1.31 bits per heavy atom. The number of benzene rings is 1. The quantitative estimate of drug-likeness (QED) is 0.426. The third-order valence-electron chi connectivity index (χ3n) is 6.44. The Bertz CT molecular complexity index is 1020. The summed E-state index contributed by atoms with van der Waals surface area (Å²) in [7, 11) is 1.31. The fraction of sp³-hybridized carbons (Fsp3) is 0.615. The lowest BCUT2D eigenvalue weighted by Crippen LogP contribution is -2.63. The van der Waals surface area contributed by atoms with Crippen molar-refractivity contribution in [1.29, 1.82) is 0 Å². The van der Waals surface area contributed by atoms with Gasteiger partial charge in [0.15, 0.2) is 0 Å². The second-order valence-corrected chi connectivity index (χ2v) is 10.2. The van der Waals surface area contributed by atoms with E-state index in [1.165, 1.54) is 12.0 Å². The van der Waals surface area contributed by atoms with E-state index in [4.69, 9.17) is 14.2 Å². The minimum Gasteiger partial charge on any atom is -0.493 e. The molecule has 2 aliphatic rings. The van der Waals surface area contributed by atoms with Crippen molar-refractivity contribution in [3.8, 4) is 5.75 Å². The van der Waals surface area contributed by atoms with E-state index in [-0.39, 0.29) is 24.9 Å². The van der Waals surface area contributed by atoms with Gasteiger partial charge in [0.1, 0.15) is 11.4 Å². The van der Waals surface area contributed by atoms with E-state index in [1.807, 2.05) is 6.92 Å². The van der Waals surface area contributed by atoms with Crippen LogP contribution in [0.25, 0.3) is 0 Å². The first-order valence-corrected chi connectivity index (χ1v) is 12.4. The highest BCUT2D eigenvalue weighted by Gasteiger charge is 2.45. The largest absolute Gasteiger partial charge is 0.493 e. The molecule has 1 fully saturated rings. The number of esters is 1. The summed E-state index contributed by atoms with van der Waals surface area (Å²) in [6.45, 7) is 7.64. The summed E-state index contributed by atoms with van der Waals surface area (Å²) in [5.41, 5.74) is -0.387. The number of carbonyl (C=O) groups excluding carboxylic acids is 3. The summed E-state index contributed by atoms with van der Waals surface area (Å²) < 4.78 is 16.1. The number of guanidine groups is 1. The number of nitrogens with one attached hydrogen (secondary N) is 1. The summed E-state index contributed by atoms with van der Waals surface area (Å²) in [6, 6.07) is 4.45. The molecule has 10 nitrogen and oxygen atoms in total. The second-order valence-electron chi connectivity index (χ2n) is 10.2. The zero-order valence-corrected chi connectivity index (χ0v) is 21.8. The zero-order valence-electron chi connectivity index (χ0n) is 21.8. The molecule has 0 aliphatic carbocycles. The highest BCUT2D eigenvalue weighted by atomic mass is 16.6. The van der Waals surface area contributed by atoms with Crippen LogP contribution in [0.1, 0.15) is 88.2 Å². The summed E-state index contributed by atoms with van der Waals surface area (Å²) in [5.74, 6) is -0.0174. The van der Waals surface area contributed by atoms with Gasteiger partial charge in [0.2, 0.25) is 11.9 Å². The molecular weight excluding hydrogens is 466 g/mol. The zero-order chi connectivity index (χ0) is 26.5. The predicted molar refractivity (Wildman–Crippen MR) is 133 cm³/mol. The van der Waals surface area contributed by atoms with Gasteiger partial charge in [-0.2, -0.15) is 0 Å². The molecule has 0 unspecified atom stereocenters. The van der Waals surface area contributed by atoms with E-state index >= 15 is 0 Å². The molecule has 3 rings (SSSR count). The van der Waals surface area contributed by atoms with Crippen molar-refractivity contribution in [3.05, 3.63) is 29.3 Å². The number of aliphatic imine (C=N–C) groups is 1. The van der Waals surface area contributed by atoms with Gasteiger partial charge in [0.05, 0.1) is 31.7 Å². The summed E-state index contributed by atoms with van der Waals surface area (Å²) >= 11 is 0. The molecule has 10 heteroatoms. The number of aliphatic hydroxyl groups is 1. The maximum Gasteiger partial charge on any atom is 0.437 e. The average molecular weight is 504 g/mol. The number of unbranched alkanes of at least 4 members (excludes halogenated alkanes) is 1. The molecular formula is C26H37N3O7. The van der Waals surface area contributed by atoms with Crippen LogP contribution in [0.15, 0.2) is 23.2 Å². The van der Waals surface area contributed by atoms with E-state index < -0.39 is 29.2 Å². The van der Waals surface area contributed by atoms with Crippen molar-refractivity contribution in [3.63, 3.8) is 0 Å². The second kappa shape index (κ2) is 11.3. The lowest BCUT2D eigenvalue weighted by molar-refractivity contribution is -0.133. The van der Waals surface area contributed by atoms with Gasteiger partial charge in [-0.15, -0.1) is 4.99 Å². The van der Waals surface area contributed by atoms with Gasteiger partial charge in [-0.25, -0.2) is 9.59 Å². The number of fused-ring (bicyclic) bond motifs is 1. The minimum absolute atomic E-state index is 0.0696. The Morgan fingerprint density at radius 3 is 2.69 bits per heavy atom. The number of amides is 2. The number of carbonyl (C=O) groups is 3. The summed E-state index contributed by atoms with van der Waals surface area (Å²) in [4.78, 5) is 44.4. The van der Waals surface area contributed by atoms with Crippen molar-refractivity contribution in [2.75, 3.05) is 20.3 Å². The van der Waals surface area contributed by atoms with Crippen LogP contribution in [0.4, 0.5) is 4.79 Å². The van der Waals surface area contributed by atoms with Gasteiger partial charge in [-0.3, -0.25) is 9.69 Å². The number of rotatable bonds is 7. The molecule has 0 spiro atoms. The average Bonchev–Trinajstić information content (AvgIpc) is 2.82. The number of nitrogens with zero attached hydrogens (tertiary/aromatic N) is 2. The van der Waals surface area contributed by atoms with Crippen LogP contribution in [-0.4, -0.2) is 65.4 Å². The topological polar surface area (TPSA) is 127 Å². The van der Waals surface area contributed by atoms with Gasteiger partial charge in [0, 0.05) is 24.1 Å². The van der Waals surface area contributed by atoms with Crippen LogP contribution >= 0.6 is 0 Å². The fourth-order valence-corrected chi connectivity index (χ4v) is 4.61. The summed E-state index contributed by atoms with van der Waals surface area (Å²) in [6.07, 6.45) is 2.43. The monoisotopic (exact) mass is 503 g/mol. The van der Waals surface area contributed by atoms with Crippen molar-refractivity contribution in [2.45, 2.75) is 83.4 Å². The third kappa shape index (κ3) is 6.34. The van der Waals surface area contributed by atoms with Crippen LogP contribution in [0, 0.1) is 0 Å². The van der Waals surface area contributed by atoms with E-state index in [2.05, 4.69) is 10.3 Å². The lowest BCUT2D eigenvalue weighted by atomic mass is 9.83. The molecule has 2 atom stereocenters. The van der Waals surface area contributed by atoms with E-state index in [9.17, 15) is 19.5 Å². The lowest BCUT2D eigenvalue weighted by Gasteiger charge is -2.46. The first-order chi connectivity index (χ1) is 17.0. The van der Waals surface area contributed by atoms with Gasteiger partial charge in [-0.05, 0) is 64.7 Å². The number of hydrogen-bond donors (Lipinski definition) is 2. The van der Waals surface area contributed by atoms with Gasteiger partial charge in [-0.1, -0.05) is 6.92 Å². The van der Waals surface area contributed by atoms with E-state index in [1.54, 1.807) is 39.0 Å². The first-order valence-electron chi connectivity index (χ1n) is 12.4. The Kier molecular flexibility index (Phi) is 8.60. The Morgan fingerprint density at radius 2 is 2.06 bits per heavy atom. The van der Waals surface area contributed by atoms with Crippen LogP contribution in [0.5, 0.6) is 5.75 Å². The molecule has 2 amide bonds. The molecule has 2 aliphatic heterocycles. The first kappa shape index (κ1) is 27.4. The van der Waals surface area contributed by atoms with Crippen LogP contribution in [0.3, 0.4) is 0 Å². The highest BCUT2D eigenvalue weighted by molar-refractivity contribution is 6.04. The maximum atomic E-state index is 13.7. The molecule has 1 aromatic carbocycles. The van der Waals surface area contributed by atoms with Crippen LogP contribution < -0.4 is 10.1 Å². The highest BCUT2D eigenvalue weighted by Crippen LogP contribution is 2.40. The number of methoxy groups -OCH3 is 1. The molecule has 1 aromatic rings. The molecule has 1 saturated heterocycles. The van der Waals surface area contributed by atoms with Gasteiger partial charge >= 0.3 is 12.1 Å². The third-order valence-corrected chi connectivity index (χ3v) is 6.44. The molecule has 36 heavy (non-hydrogen) atoms.